The maximum absolute atomic E-state index is 4.38. The van der Waals surface area contributed by atoms with E-state index in [2.05, 4.69) is 47.7 Å². The molecule has 1 aromatic heterocycles. The van der Waals surface area contributed by atoms with Crippen molar-refractivity contribution in [2.75, 3.05) is 6.26 Å². The number of thioether (sulfide) groups is 1. The average molecular weight is 278 g/mol. The van der Waals surface area contributed by atoms with Gasteiger partial charge in [-0.15, -0.1) is 23.1 Å². The number of nitrogens with zero attached hydrogens (tertiary/aromatic N) is 1. The molecule has 2 rings (SSSR count). The molecule has 1 heterocycles. The first-order chi connectivity index (χ1) is 8.83. The molecular formula is C14H18N2S2. The first-order valence-corrected chi connectivity index (χ1v) is 8.19. The normalized spacial score (nSPS) is 12.6. The summed E-state index contributed by atoms with van der Waals surface area (Å²) in [5, 5.41) is 6.78. The Hall–Kier alpha value is -0.840. The Balaban J connectivity index is 1.93. The lowest BCUT2D eigenvalue weighted by atomic mass is 10.2. The minimum Gasteiger partial charge on any atom is -0.304 e. The van der Waals surface area contributed by atoms with Crippen molar-refractivity contribution in [3.8, 4) is 0 Å². The van der Waals surface area contributed by atoms with Gasteiger partial charge in [0.2, 0.25) is 0 Å². The number of aromatic nitrogens is 1. The second-order valence-electron chi connectivity index (χ2n) is 4.06. The lowest BCUT2D eigenvalue weighted by molar-refractivity contribution is 0.516. The SMILES string of the molecule is CCC(NCc1ccc(SC)cc1)c1nccs1. The van der Waals surface area contributed by atoms with Gasteiger partial charge in [0.25, 0.3) is 0 Å². The van der Waals surface area contributed by atoms with E-state index in [-0.39, 0.29) is 0 Å². The van der Waals surface area contributed by atoms with Gasteiger partial charge in [0.15, 0.2) is 0 Å². The van der Waals surface area contributed by atoms with Gasteiger partial charge in [0.1, 0.15) is 5.01 Å². The van der Waals surface area contributed by atoms with Crippen LogP contribution in [-0.2, 0) is 6.54 Å². The van der Waals surface area contributed by atoms with Gasteiger partial charge in [-0.1, -0.05) is 19.1 Å². The Morgan fingerprint density at radius 1 is 1.33 bits per heavy atom. The van der Waals surface area contributed by atoms with Gasteiger partial charge in [0.05, 0.1) is 6.04 Å². The smallest absolute Gasteiger partial charge is 0.109 e. The standard InChI is InChI=1S/C14H18N2S2/c1-3-13(14-15-8-9-18-14)16-10-11-4-6-12(17-2)7-5-11/h4-9,13,16H,3,10H2,1-2H3. The van der Waals surface area contributed by atoms with E-state index in [1.807, 2.05) is 11.6 Å². The molecule has 0 radical (unpaired) electrons. The summed E-state index contributed by atoms with van der Waals surface area (Å²) in [6.45, 7) is 3.09. The number of hydrogen-bond donors (Lipinski definition) is 1. The third kappa shape index (κ3) is 3.57. The molecule has 1 N–H and O–H groups in total. The molecule has 1 unspecified atom stereocenters. The molecule has 0 aliphatic carbocycles. The Labute approximate surface area is 117 Å². The van der Waals surface area contributed by atoms with Crippen LogP contribution in [0.4, 0.5) is 0 Å². The third-order valence-corrected chi connectivity index (χ3v) is 4.50. The highest BCUT2D eigenvalue weighted by Gasteiger charge is 2.10. The van der Waals surface area contributed by atoms with E-state index >= 15 is 0 Å². The zero-order valence-corrected chi connectivity index (χ0v) is 12.4. The van der Waals surface area contributed by atoms with Gasteiger partial charge in [-0.2, -0.15) is 0 Å². The summed E-state index contributed by atoms with van der Waals surface area (Å²) in [5.74, 6) is 0. The molecule has 4 heteroatoms. The molecule has 18 heavy (non-hydrogen) atoms. The van der Waals surface area contributed by atoms with Crippen LogP contribution in [0.25, 0.3) is 0 Å². The summed E-state index contributed by atoms with van der Waals surface area (Å²) < 4.78 is 0. The Bertz CT molecular complexity index is 451. The van der Waals surface area contributed by atoms with E-state index in [1.54, 1.807) is 23.1 Å². The molecule has 0 spiro atoms. The highest BCUT2D eigenvalue weighted by Crippen LogP contribution is 2.20. The van der Waals surface area contributed by atoms with Crippen LogP contribution in [-0.4, -0.2) is 11.2 Å². The fourth-order valence-electron chi connectivity index (χ4n) is 1.80. The minimum atomic E-state index is 0.366. The number of nitrogens with one attached hydrogen (secondary N) is 1. The number of benzene rings is 1. The van der Waals surface area contributed by atoms with Gasteiger partial charge >= 0.3 is 0 Å². The monoisotopic (exact) mass is 278 g/mol. The highest BCUT2D eigenvalue weighted by atomic mass is 32.2. The fourth-order valence-corrected chi connectivity index (χ4v) is 3.00. The number of hydrogen-bond acceptors (Lipinski definition) is 4. The van der Waals surface area contributed by atoms with Crippen LogP contribution in [0.15, 0.2) is 40.7 Å². The minimum absolute atomic E-state index is 0.366. The number of rotatable bonds is 6. The van der Waals surface area contributed by atoms with Crippen molar-refractivity contribution in [3.63, 3.8) is 0 Å². The molecule has 0 aliphatic rings. The van der Waals surface area contributed by atoms with E-state index in [0.717, 1.165) is 13.0 Å². The van der Waals surface area contributed by atoms with Crippen LogP contribution in [0.1, 0.15) is 30.0 Å². The Morgan fingerprint density at radius 2 is 2.11 bits per heavy atom. The Morgan fingerprint density at radius 3 is 2.67 bits per heavy atom. The summed E-state index contributed by atoms with van der Waals surface area (Å²) in [7, 11) is 0. The van der Waals surface area contributed by atoms with Gasteiger partial charge in [-0.3, -0.25) is 0 Å². The van der Waals surface area contributed by atoms with Crippen molar-refractivity contribution in [2.24, 2.45) is 0 Å². The molecule has 0 saturated heterocycles. The van der Waals surface area contributed by atoms with Crippen molar-refractivity contribution >= 4 is 23.1 Å². The summed E-state index contributed by atoms with van der Waals surface area (Å²) in [6.07, 6.45) is 5.04. The molecule has 96 valence electrons. The van der Waals surface area contributed by atoms with Gasteiger partial charge < -0.3 is 5.32 Å². The predicted molar refractivity (Wildman–Crippen MR) is 80.2 cm³/mol. The molecule has 1 aromatic carbocycles. The van der Waals surface area contributed by atoms with Crippen LogP contribution in [0, 0.1) is 0 Å². The van der Waals surface area contributed by atoms with Crippen LogP contribution < -0.4 is 5.32 Å². The average Bonchev–Trinajstić information content (AvgIpc) is 2.94. The molecule has 2 aromatic rings. The zero-order chi connectivity index (χ0) is 12.8. The van der Waals surface area contributed by atoms with E-state index in [1.165, 1.54) is 15.5 Å². The van der Waals surface area contributed by atoms with Crippen molar-refractivity contribution in [2.45, 2.75) is 30.8 Å². The molecule has 0 aliphatic heterocycles. The summed E-state index contributed by atoms with van der Waals surface area (Å²) in [6, 6.07) is 9.09. The quantitative estimate of drug-likeness (QED) is 0.805. The molecule has 0 fully saturated rings. The van der Waals surface area contributed by atoms with Crippen LogP contribution in [0.3, 0.4) is 0 Å². The Kier molecular flexibility index (Phi) is 5.23. The van der Waals surface area contributed by atoms with Crippen molar-refractivity contribution < 1.29 is 0 Å². The van der Waals surface area contributed by atoms with Crippen LogP contribution in [0.2, 0.25) is 0 Å². The first kappa shape index (κ1) is 13.6. The van der Waals surface area contributed by atoms with E-state index in [9.17, 15) is 0 Å². The molecule has 1 atom stereocenters. The van der Waals surface area contributed by atoms with Gasteiger partial charge in [-0.25, -0.2) is 4.98 Å². The maximum Gasteiger partial charge on any atom is 0.109 e. The lowest BCUT2D eigenvalue weighted by Gasteiger charge is -2.14. The van der Waals surface area contributed by atoms with E-state index in [4.69, 9.17) is 0 Å². The molecule has 0 bridgehead atoms. The fraction of sp³-hybridized carbons (Fsp3) is 0.357. The van der Waals surface area contributed by atoms with Crippen molar-refractivity contribution in [1.29, 1.82) is 0 Å². The largest absolute Gasteiger partial charge is 0.304 e. The lowest BCUT2D eigenvalue weighted by Crippen LogP contribution is -2.20. The predicted octanol–water partition coefficient (Wildman–Crippen LogP) is 4.11. The van der Waals surface area contributed by atoms with Crippen LogP contribution >= 0.6 is 23.1 Å². The summed E-state index contributed by atoms with van der Waals surface area (Å²) >= 11 is 3.50. The van der Waals surface area contributed by atoms with Gasteiger partial charge in [-0.05, 0) is 30.4 Å². The topological polar surface area (TPSA) is 24.9 Å². The maximum atomic E-state index is 4.38. The number of thiazole rings is 1. The second-order valence-corrected chi connectivity index (χ2v) is 5.87. The van der Waals surface area contributed by atoms with Crippen molar-refractivity contribution in [1.82, 2.24) is 10.3 Å². The summed E-state index contributed by atoms with van der Waals surface area (Å²) in [4.78, 5) is 5.69. The highest BCUT2D eigenvalue weighted by molar-refractivity contribution is 7.98. The summed E-state index contributed by atoms with van der Waals surface area (Å²) in [5.41, 5.74) is 1.32. The third-order valence-electron chi connectivity index (χ3n) is 2.87. The second kappa shape index (κ2) is 6.92. The molecule has 0 amide bonds. The van der Waals surface area contributed by atoms with Gasteiger partial charge in [0, 0.05) is 23.0 Å². The first-order valence-electron chi connectivity index (χ1n) is 6.09. The zero-order valence-electron chi connectivity index (χ0n) is 10.7. The molecule has 2 nitrogen and oxygen atoms in total. The van der Waals surface area contributed by atoms with Crippen LogP contribution in [0.5, 0.6) is 0 Å². The molecular weight excluding hydrogens is 260 g/mol. The van der Waals surface area contributed by atoms with Crippen molar-refractivity contribution in [3.05, 3.63) is 46.4 Å². The molecule has 0 saturated carbocycles. The van der Waals surface area contributed by atoms with E-state index in [0.29, 0.717) is 6.04 Å². The van der Waals surface area contributed by atoms with E-state index < -0.39 is 0 Å².